The van der Waals surface area contributed by atoms with Gasteiger partial charge in [-0.1, -0.05) is 51.1 Å². The van der Waals surface area contributed by atoms with Crippen LogP contribution in [-0.2, 0) is 4.79 Å². The molecule has 166 valence electrons. The predicted molar refractivity (Wildman–Crippen MR) is 128 cm³/mol. The van der Waals surface area contributed by atoms with Crippen LogP contribution < -0.4 is 9.75 Å². The second kappa shape index (κ2) is 8.70. The number of hydrazone groups is 1. The number of amides is 1. The highest BCUT2D eigenvalue weighted by molar-refractivity contribution is 6.34. The number of nitro benzene ring substituents is 1. The van der Waals surface area contributed by atoms with Crippen molar-refractivity contribution < 1.29 is 14.5 Å². The van der Waals surface area contributed by atoms with Gasteiger partial charge in [0.2, 0.25) is 0 Å². The number of carbonyl (C=O) groups is 1. The van der Waals surface area contributed by atoms with Crippen molar-refractivity contribution in [1.82, 2.24) is 0 Å². The van der Waals surface area contributed by atoms with Gasteiger partial charge in [0.15, 0.2) is 0 Å². The topological polar surface area (TPSA) is 85.0 Å². The fourth-order valence-electron chi connectivity index (χ4n) is 3.45. The van der Waals surface area contributed by atoms with Crippen LogP contribution in [0.4, 0.5) is 11.4 Å². The lowest BCUT2D eigenvalue weighted by Gasteiger charge is -2.18. The van der Waals surface area contributed by atoms with Gasteiger partial charge in [0.25, 0.3) is 11.6 Å². The van der Waals surface area contributed by atoms with Crippen molar-refractivity contribution in [3.05, 3.63) is 100 Å². The Morgan fingerprint density at radius 1 is 0.939 bits per heavy atom. The average molecular weight is 441 g/mol. The smallest absolute Gasteiger partial charge is 0.280 e. The highest BCUT2D eigenvalue weighted by Gasteiger charge is 2.37. The summed E-state index contributed by atoms with van der Waals surface area (Å²) in [4.78, 5) is 23.8. The van der Waals surface area contributed by atoms with Gasteiger partial charge < -0.3 is 4.74 Å². The minimum Gasteiger partial charge on any atom is -0.457 e. The predicted octanol–water partition coefficient (Wildman–Crippen LogP) is 6.22. The Balaban J connectivity index is 1.67. The molecule has 0 bridgehead atoms. The summed E-state index contributed by atoms with van der Waals surface area (Å²) >= 11 is 0. The third-order valence-corrected chi connectivity index (χ3v) is 5.04. The van der Waals surface area contributed by atoms with Gasteiger partial charge in [0.05, 0.1) is 21.9 Å². The number of nitro groups is 1. The molecule has 0 aromatic heterocycles. The molecule has 33 heavy (non-hydrogen) atoms. The number of ether oxygens (including phenoxy) is 1. The second-order valence-corrected chi connectivity index (χ2v) is 8.63. The average Bonchev–Trinajstić information content (AvgIpc) is 3.11. The quantitative estimate of drug-likeness (QED) is 0.267. The SMILES string of the molecule is CC(C)(C)C1=NN(c2ccc([N+](=O)[O-])cc2)C(=O)/C1=C/c1cccc(Oc2ccccc2)c1. The Hall–Kier alpha value is -4.26. The van der Waals surface area contributed by atoms with Gasteiger partial charge in [0, 0.05) is 17.5 Å². The van der Waals surface area contributed by atoms with Crippen molar-refractivity contribution in [1.29, 1.82) is 0 Å². The Morgan fingerprint density at radius 2 is 1.61 bits per heavy atom. The van der Waals surface area contributed by atoms with Crippen LogP contribution in [0.15, 0.2) is 89.5 Å². The highest BCUT2D eigenvalue weighted by atomic mass is 16.6. The maximum Gasteiger partial charge on any atom is 0.280 e. The molecule has 1 aliphatic rings. The largest absolute Gasteiger partial charge is 0.457 e. The molecule has 0 unspecified atom stereocenters. The molecule has 7 heteroatoms. The van der Waals surface area contributed by atoms with E-state index in [1.54, 1.807) is 6.08 Å². The van der Waals surface area contributed by atoms with Crippen molar-refractivity contribution in [3.8, 4) is 11.5 Å². The van der Waals surface area contributed by atoms with E-state index >= 15 is 0 Å². The maximum absolute atomic E-state index is 13.3. The lowest BCUT2D eigenvalue weighted by molar-refractivity contribution is -0.384. The number of rotatable bonds is 5. The molecule has 3 aromatic carbocycles. The zero-order valence-corrected chi connectivity index (χ0v) is 18.6. The number of hydrogen-bond acceptors (Lipinski definition) is 5. The zero-order chi connectivity index (χ0) is 23.6. The van der Waals surface area contributed by atoms with Crippen LogP contribution in [-0.4, -0.2) is 16.5 Å². The van der Waals surface area contributed by atoms with Crippen LogP contribution in [0.3, 0.4) is 0 Å². The van der Waals surface area contributed by atoms with Gasteiger partial charge in [-0.3, -0.25) is 14.9 Å². The van der Waals surface area contributed by atoms with E-state index in [9.17, 15) is 14.9 Å². The molecule has 1 heterocycles. The van der Waals surface area contributed by atoms with E-state index < -0.39 is 10.3 Å². The summed E-state index contributed by atoms with van der Waals surface area (Å²) in [6, 6.07) is 22.7. The number of nitrogens with zero attached hydrogens (tertiary/aromatic N) is 3. The van der Waals surface area contributed by atoms with Crippen LogP contribution in [0, 0.1) is 15.5 Å². The fourth-order valence-corrected chi connectivity index (χ4v) is 3.45. The molecule has 0 fully saturated rings. The highest BCUT2D eigenvalue weighted by Crippen LogP contribution is 2.33. The number of benzene rings is 3. The Morgan fingerprint density at radius 3 is 2.24 bits per heavy atom. The van der Waals surface area contributed by atoms with Gasteiger partial charge >= 0.3 is 0 Å². The molecule has 1 aliphatic heterocycles. The van der Waals surface area contributed by atoms with Crippen LogP contribution in [0.1, 0.15) is 26.3 Å². The lowest BCUT2D eigenvalue weighted by atomic mass is 9.85. The van der Waals surface area contributed by atoms with Crippen LogP contribution >= 0.6 is 0 Å². The first-order valence-corrected chi connectivity index (χ1v) is 10.5. The zero-order valence-electron chi connectivity index (χ0n) is 18.6. The van der Waals surface area contributed by atoms with Gasteiger partial charge in [-0.2, -0.15) is 10.1 Å². The van der Waals surface area contributed by atoms with E-state index in [1.807, 2.05) is 75.4 Å². The lowest BCUT2D eigenvalue weighted by Crippen LogP contribution is -2.24. The van der Waals surface area contributed by atoms with E-state index in [-0.39, 0.29) is 11.6 Å². The molecule has 7 nitrogen and oxygen atoms in total. The summed E-state index contributed by atoms with van der Waals surface area (Å²) in [5.41, 5.74) is 1.94. The summed E-state index contributed by atoms with van der Waals surface area (Å²) < 4.78 is 5.92. The van der Waals surface area contributed by atoms with Gasteiger partial charge in [-0.15, -0.1) is 0 Å². The third kappa shape index (κ3) is 4.82. The van der Waals surface area contributed by atoms with E-state index in [1.165, 1.54) is 29.3 Å². The van der Waals surface area contributed by atoms with Gasteiger partial charge in [-0.25, -0.2) is 0 Å². The fraction of sp³-hybridized carbons (Fsp3) is 0.154. The van der Waals surface area contributed by atoms with Crippen molar-refractivity contribution in [3.63, 3.8) is 0 Å². The molecule has 0 N–H and O–H groups in total. The standard InChI is InChI=1S/C26H23N3O4/c1-26(2,3)24-23(25(30)28(27-24)19-12-14-20(15-13-19)29(31)32)17-18-8-7-11-22(16-18)33-21-9-5-4-6-10-21/h4-17H,1-3H3/b23-17+. The molecular weight excluding hydrogens is 418 g/mol. The Kier molecular flexibility index (Phi) is 5.79. The van der Waals surface area contributed by atoms with Gasteiger partial charge in [-0.05, 0) is 48.0 Å². The molecule has 0 atom stereocenters. The summed E-state index contributed by atoms with van der Waals surface area (Å²) in [6.07, 6.45) is 1.80. The molecule has 1 amide bonds. The molecule has 4 rings (SSSR count). The van der Waals surface area contributed by atoms with E-state index in [2.05, 4.69) is 5.10 Å². The molecule has 0 saturated heterocycles. The van der Waals surface area contributed by atoms with E-state index in [0.29, 0.717) is 22.7 Å². The first-order chi connectivity index (χ1) is 15.7. The summed E-state index contributed by atoms with van der Waals surface area (Å²) in [6.45, 7) is 5.96. The summed E-state index contributed by atoms with van der Waals surface area (Å²) in [7, 11) is 0. The Bertz CT molecular complexity index is 1260. The van der Waals surface area contributed by atoms with Crippen LogP contribution in [0.25, 0.3) is 6.08 Å². The molecule has 0 aliphatic carbocycles. The molecule has 0 spiro atoms. The first kappa shape index (κ1) is 22.0. The monoisotopic (exact) mass is 441 g/mol. The van der Waals surface area contributed by atoms with Crippen molar-refractivity contribution >= 4 is 29.1 Å². The van der Waals surface area contributed by atoms with Crippen LogP contribution in [0.2, 0.25) is 0 Å². The number of para-hydroxylation sites is 1. The molecular formula is C26H23N3O4. The van der Waals surface area contributed by atoms with Crippen LogP contribution in [0.5, 0.6) is 11.5 Å². The number of anilines is 1. The Labute approximate surface area is 191 Å². The van der Waals surface area contributed by atoms with Crippen molar-refractivity contribution in [2.24, 2.45) is 10.5 Å². The number of carbonyl (C=O) groups excluding carboxylic acids is 1. The second-order valence-electron chi connectivity index (χ2n) is 8.63. The summed E-state index contributed by atoms with van der Waals surface area (Å²) in [5.74, 6) is 1.09. The molecule has 0 radical (unpaired) electrons. The maximum atomic E-state index is 13.3. The minimum atomic E-state index is -0.477. The van der Waals surface area contributed by atoms with Crippen molar-refractivity contribution in [2.75, 3.05) is 5.01 Å². The van der Waals surface area contributed by atoms with Crippen molar-refractivity contribution in [2.45, 2.75) is 20.8 Å². The normalized spacial score (nSPS) is 15.0. The minimum absolute atomic E-state index is 0.0450. The summed E-state index contributed by atoms with van der Waals surface area (Å²) in [5, 5.41) is 16.8. The number of non-ortho nitro benzene ring substituents is 1. The van der Waals surface area contributed by atoms with Gasteiger partial charge in [0.1, 0.15) is 11.5 Å². The van der Waals surface area contributed by atoms with E-state index in [4.69, 9.17) is 4.74 Å². The molecule has 3 aromatic rings. The van der Waals surface area contributed by atoms with E-state index in [0.717, 1.165) is 11.3 Å². The molecule has 0 saturated carbocycles. The first-order valence-electron chi connectivity index (χ1n) is 10.5. The number of hydrogen-bond donors (Lipinski definition) is 0. The third-order valence-electron chi connectivity index (χ3n) is 5.04.